The molecule has 5 rings (SSSR count). The minimum atomic E-state index is -0.420. The number of carbonyl (C=O) groups is 2. The molecule has 1 fully saturated rings. The zero-order valence-electron chi connectivity index (χ0n) is 15.2. The first kappa shape index (κ1) is 16.1. The summed E-state index contributed by atoms with van der Waals surface area (Å²) < 4.78 is 0. The van der Waals surface area contributed by atoms with Gasteiger partial charge < -0.3 is 14.8 Å². The SMILES string of the molecule is CC1c2[nH]c3ccccc3c2C[C@H]2C(=O)N(Cc3ccccc3)CC(=O)N12. The minimum Gasteiger partial charge on any atom is -0.356 e. The largest absolute Gasteiger partial charge is 0.356 e. The third kappa shape index (κ3) is 2.46. The molecule has 0 spiro atoms. The van der Waals surface area contributed by atoms with Crippen molar-refractivity contribution in [3.8, 4) is 0 Å². The van der Waals surface area contributed by atoms with Crippen molar-refractivity contribution in [1.82, 2.24) is 14.8 Å². The first-order chi connectivity index (χ1) is 13.1. The van der Waals surface area contributed by atoms with Crippen LogP contribution >= 0.6 is 0 Å². The second-order valence-corrected chi connectivity index (χ2v) is 7.44. The van der Waals surface area contributed by atoms with Gasteiger partial charge in [-0.3, -0.25) is 9.59 Å². The maximum Gasteiger partial charge on any atom is 0.246 e. The van der Waals surface area contributed by atoms with E-state index in [2.05, 4.69) is 11.1 Å². The Balaban J connectivity index is 1.52. The van der Waals surface area contributed by atoms with E-state index >= 15 is 0 Å². The Morgan fingerprint density at radius 3 is 2.59 bits per heavy atom. The normalized spacial score (nSPS) is 22.1. The molecule has 2 aliphatic heterocycles. The molecule has 1 N–H and O–H groups in total. The van der Waals surface area contributed by atoms with Crippen LogP contribution in [0.5, 0.6) is 0 Å². The molecule has 0 aliphatic carbocycles. The summed E-state index contributed by atoms with van der Waals surface area (Å²) in [6.07, 6.45) is 0.569. The zero-order chi connectivity index (χ0) is 18.5. The maximum absolute atomic E-state index is 13.2. The first-order valence-corrected chi connectivity index (χ1v) is 9.37. The molecule has 0 bridgehead atoms. The van der Waals surface area contributed by atoms with Crippen molar-refractivity contribution >= 4 is 22.7 Å². The van der Waals surface area contributed by atoms with Gasteiger partial charge >= 0.3 is 0 Å². The van der Waals surface area contributed by atoms with E-state index in [0.717, 1.165) is 22.2 Å². The van der Waals surface area contributed by atoms with E-state index in [1.165, 1.54) is 5.56 Å². The quantitative estimate of drug-likeness (QED) is 0.765. The van der Waals surface area contributed by atoms with Gasteiger partial charge in [0.1, 0.15) is 12.6 Å². The van der Waals surface area contributed by atoms with Crippen molar-refractivity contribution in [2.24, 2.45) is 0 Å². The molecule has 1 unspecified atom stereocenters. The highest BCUT2D eigenvalue weighted by Crippen LogP contribution is 2.39. The number of para-hydroxylation sites is 1. The highest BCUT2D eigenvalue weighted by Gasteiger charge is 2.46. The molecule has 1 aromatic heterocycles. The Labute approximate surface area is 157 Å². The lowest BCUT2D eigenvalue weighted by Gasteiger charge is -2.46. The van der Waals surface area contributed by atoms with Gasteiger partial charge in [-0.05, 0) is 24.1 Å². The highest BCUT2D eigenvalue weighted by atomic mass is 16.2. The van der Waals surface area contributed by atoms with E-state index in [1.807, 2.05) is 55.5 Å². The summed E-state index contributed by atoms with van der Waals surface area (Å²) in [5, 5.41) is 1.15. The predicted molar refractivity (Wildman–Crippen MR) is 103 cm³/mol. The summed E-state index contributed by atoms with van der Waals surface area (Å²) in [5.41, 5.74) is 4.34. The van der Waals surface area contributed by atoms with E-state index < -0.39 is 6.04 Å². The van der Waals surface area contributed by atoms with E-state index in [-0.39, 0.29) is 24.4 Å². The average Bonchev–Trinajstić information content (AvgIpc) is 3.06. The summed E-state index contributed by atoms with van der Waals surface area (Å²) in [6.45, 7) is 2.63. The Morgan fingerprint density at radius 2 is 1.78 bits per heavy atom. The van der Waals surface area contributed by atoms with Crippen LogP contribution in [0.15, 0.2) is 54.6 Å². The van der Waals surface area contributed by atoms with Gasteiger partial charge in [0, 0.05) is 29.6 Å². The number of fused-ring (bicyclic) bond motifs is 4. The van der Waals surface area contributed by atoms with Crippen molar-refractivity contribution < 1.29 is 9.59 Å². The number of hydrogen-bond donors (Lipinski definition) is 1. The monoisotopic (exact) mass is 359 g/mol. The number of hydrogen-bond acceptors (Lipinski definition) is 2. The first-order valence-electron chi connectivity index (χ1n) is 9.37. The Bertz CT molecular complexity index is 1040. The standard InChI is InChI=1S/C22H21N3O2/c1-14-21-17(16-9-5-6-10-18(16)23-21)11-19-22(27)24(13-20(26)25(14)19)12-15-7-3-2-4-8-15/h2-10,14,19,23H,11-13H2,1H3/t14?,19-/m0/s1. The topological polar surface area (TPSA) is 56.4 Å². The summed E-state index contributed by atoms with van der Waals surface area (Å²) in [7, 11) is 0. The molecule has 0 saturated carbocycles. The number of H-pyrrole nitrogens is 1. The summed E-state index contributed by atoms with van der Waals surface area (Å²) >= 11 is 0. The zero-order valence-corrected chi connectivity index (χ0v) is 15.2. The Morgan fingerprint density at radius 1 is 1.04 bits per heavy atom. The van der Waals surface area contributed by atoms with E-state index in [4.69, 9.17) is 0 Å². The van der Waals surface area contributed by atoms with Crippen LogP contribution in [0.25, 0.3) is 10.9 Å². The van der Waals surface area contributed by atoms with Crippen LogP contribution in [0.1, 0.15) is 29.8 Å². The van der Waals surface area contributed by atoms with Crippen molar-refractivity contribution in [2.45, 2.75) is 32.0 Å². The molecule has 136 valence electrons. The van der Waals surface area contributed by atoms with E-state index in [9.17, 15) is 9.59 Å². The summed E-state index contributed by atoms with van der Waals surface area (Å²) in [5.74, 6) is 0.0635. The lowest BCUT2D eigenvalue weighted by atomic mass is 9.90. The fourth-order valence-electron chi connectivity index (χ4n) is 4.57. The van der Waals surface area contributed by atoms with Gasteiger partial charge in [0.05, 0.1) is 6.04 Å². The van der Waals surface area contributed by atoms with Crippen LogP contribution in [0, 0.1) is 0 Å². The fourth-order valence-corrected chi connectivity index (χ4v) is 4.57. The van der Waals surface area contributed by atoms with E-state index in [1.54, 1.807) is 9.80 Å². The number of benzene rings is 2. The molecular weight excluding hydrogens is 338 g/mol. The van der Waals surface area contributed by atoms with Crippen LogP contribution in [0.2, 0.25) is 0 Å². The molecule has 0 radical (unpaired) electrons. The molecule has 3 heterocycles. The summed E-state index contributed by atoms with van der Waals surface area (Å²) in [4.78, 5) is 33.1. The van der Waals surface area contributed by atoms with Crippen molar-refractivity contribution in [3.05, 3.63) is 71.4 Å². The molecule has 2 aromatic carbocycles. The maximum atomic E-state index is 13.2. The number of rotatable bonds is 2. The highest BCUT2D eigenvalue weighted by molar-refractivity contribution is 5.97. The third-order valence-corrected chi connectivity index (χ3v) is 5.84. The molecule has 2 atom stereocenters. The van der Waals surface area contributed by atoms with Gasteiger partial charge in [-0.2, -0.15) is 0 Å². The van der Waals surface area contributed by atoms with Gasteiger partial charge in [-0.15, -0.1) is 0 Å². The van der Waals surface area contributed by atoms with Crippen LogP contribution < -0.4 is 0 Å². The molecule has 2 amide bonds. The number of nitrogens with one attached hydrogen (secondary N) is 1. The third-order valence-electron chi connectivity index (χ3n) is 5.84. The average molecular weight is 359 g/mol. The number of nitrogens with zero attached hydrogens (tertiary/aromatic N) is 2. The Hall–Kier alpha value is -3.08. The van der Waals surface area contributed by atoms with Crippen LogP contribution in [-0.4, -0.2) is 39.2 Å². The number of aromatic amines is 1. The van der Waals surface area contributed by atoms with Gasteiger partial charge in [-0.1, -0.05) is 48.5 Å². The van der Waals surface area contributed by atoms with Crippen molar-refractivity contribution in [3.63, 3.8) is 0 Å². The van der Waals surface area contributed by atoms with Crippen molar-refractivity contribution in [2.75, 3.05) is 6.54 Å². The molecule has 5 heteroatoms. The fraction of sp³-hybridized carbons (Fsp3) is 0.273. The van der Waals surface area contributed by atoms with Crippen molar-refractivity contribution in [1.29, 1.82) is 0 Å². The second kappa shape index (κ2) is 5.98. The number of carbonyl (C=O) groups excluding carboxylic acids is 2. The van der Waals surface area contributed by atoms with Gasteiger partial charge in [0.2, 0.25) is 11.8 Å². The number of piperazine rings is 1. The summed E-state index contributed by atoms with van der Waals surface area (Å²) in [6, 6.07) is 17.5. The molecule has 1 saturated heterocycles. The number of amides is 2. The Kier molecular flexibility index (Phi) is 3.57. The van der Waals surface area contributed by atoms with E-state index in [0.29, 0.717) is 13.0 Å². The molecule has 5 nitrogen and oxygen atoms in total. The predicted octanol–water partition coefficient (Wildman–Crippen LogP) is 3.02. The van der Waals surface area contributed by atoms with Crippen LogP contribution in [0.4, 0.5) is 0 Å². The van der Waals surface area contributed by atoms with Crippen LogP contribution in [-0.2, 0) is 22.6 Å². The smallest absolute Gasteiger partial charge is 0.246 e. The molecule has 2 aliphatic rings. The molecular formula is C22H21N3O2. The minimum absolute atomic E-state index is 0.0207. The lowest BCUT2D eigenvalue weighted by molar-refractivity contribution is -0.159. The van der Waals surface area contributed by atoms with Gasteiger partial charge in [-0.25, -0.2) is 0 Å². The lowest BCUT2D eigenvalue weighted by Crippen LogP contribution is -2.62. The second-order valence-electron chi connectivity index (χ2n) is 7.44. The van der Waals surface area contributed by atoms with Gasteiger partial charge in [0.15, 0.2) is 0 Å². The molecule has 27 heavy (non-hydrogen) atoms. The molecule has 3 aromatic rings. The van der Waals surface area contributed by atoms with Gasteiger partial charge in [0.25, 0.3) is 0 Å². The number of aromatic nitrogens is 1. The van der Waals surface area contributed by atoms with Crippen LogP contribution in [0.3, 0.4) is 0 Å².